The lowest BCUT2D eigenvalue weighted by molar-refractivity contribution is -0.157. The van der Waals surface area contributed by atoms with Gasteiger partial charge in [-0.25, -0.2) is 4.68 Å². The Balaban J connectivity index is 1.81. The Labute approximate surface area is 276 Å². The topological polar surface area (TPSA) is 208 Å². The number of ether oxygens (including phenoxy) is 3. The van der Waals surface area contributed by atoms with Crippen LogP contribution in [0.4, 0.5) is 5.82 Å². The lowest BCUT2D eigenvalue weighted by atomic mass is 10.1. The molecular formula is C31H55N5O9S. The number of hydrogen-bond donors (Lipinski definition) is 5. The molecular weight excluding hydrogens is 618 g/mol. The fourth-order valence-corrected chi connectivity index (χ4v) is 5.86. The average Bonchev–Trinajstić information content (AvgIpc) is 3.62. The monoisotopic (exact) mass is 673 g/mol. The zero-order valence-electron chi connectivity index (χ0n) is 27.4. The number of nitrogens with one attached hydrogen (secondary N) is 1. The summed E-state index contributed by atoms with van der Waals surface area (Å²) in [5.41, 5.74) is 6.09. The number of thioether (sulfide) groups is 1. The van der Waals surface area contributed by atoms with Gasteiger partial charge >= 0.3 is 11.9 Å². The van der Waals surface area contributed by atoms with Gasteiger partial charge in [0.15, 0.2) is 12.0 Å². The van der Waals surface area contributed by atoms with Gasteiger partial charge in [-0.2, -0.15) is 11.8 Å². The van der Waals surface area contributed by atoms with Crippen molar-refractivity contribution in [1.82, 2.24) is 15.0 Å². The third-order valence-electron chi connectivity index (χ3n) is 7.67. The second-order valence-corrected chi connectivity index (χ2v) is 12.9. The normalized spacial score (nSPS) is 20.7. The minimum atomic E-state index is -1.34. The van der Waals surface area contributed by atoms with Gasteiger partial charge in [-0.3, -0.25) is 14.4 Å². The second-order valence-electron chi connectivity index (χ2n) is 11.8. The maximum atomic E-state index is 12.7. The number of anilines is 1. The quantitative estimate of drug-likeness (QED) is 0.0748. The van der Waals surface area contributed by atoms with Gasteiger partial charge in [-0.1, -0.05) is 83.3 Å². The smallest absolute Gasteiger partial charge is 0.306 e. The number of aliphatic hydroxyl groups is 3. The van der Waals surface area contributed by atoms with Crippen LogP contribution in [-0.2, 0) is 28.6 Å². The zero-order chi connectivity index (χ0) is 33.7. The largest absolute Gasteiger partial charge is 0.462 e. The van der Waals surface area contributed by atoms with Crippen molar-refractivity contribution in [3.05, 3.63) is 6.20 Å². The van der Waals surface area contributed by atoms with Crippen molar-refractivity contribution < 1.29 is 43.9 Å². The van der Waals surface area contributed by atoms with E-state index in [1.165, 1.54) is 37.2 Å². The number of carbonyl (C=O) groups excluding carboxylic acids is 3. The summed E-state index contributed by atoms with van der Waals surface area (Å²) in [7, 11) is 0. The molecule has 1 amide bonds. The Hall–Kier alpha value is -2.30. The molecule has 1 aliphatic rings. The highest BCUT2D eigenvalue weighted by Gasteiger charge is 2.44. The fraction of sp³-hybridized carbons (Fsp3) is 0.839. The number of nitrogens with zero attached hydrogens (tertiary/aromatic N) is 3. The van der Waals surface area contributed by atoms with Gasteiger partial charge in [0.05, 0.1) is 18.8 Å². The third kappa shape index (κ3) is 15.1. The van der Waals surface area contributed by atoms with E-state index in [0.717, 1.165) is 62.5 Å². The Bertz CT molecular complexity index is 1020. The van der Waals surface area contributed by atoms with Crippen LogP contribution in [0.15, 0.2) is 6.20 Å². The molecule has 14 nitrogen and oxygen atoms in total. The molecule has 1 aromatic rings. The standard InChI is InChI=1S/C31H55N5O9S/c1-3-5-7-9-11-13-15-26(38)43-19-22(44-27(39)16-14-12-10-8-6-4-2)20-46-21-23(32)30(42)33-25-17-36(35-34-25)31-29(41)28(40)24(18-37)45-31/h17,22-24,28-29,31,37,40-41H,3-16,18-21,32H2,1-2H3,(H,33,42)/t22-,23-,24?,28-,29-,31+/m1/s1. The van der Waals surface area contributed by atoms with E-state index in [0.29, 0.717) is 12.8 Å². The first-order valence-corrected chi connectivity index (χ1v) is 17.9. The fourth-order valence-electron chi connectivity index (χ4n) is 4.90. The van der Waals surface area contributed by atoms with Crippen molar-refractivity contribution in [3.8, 4) is 0 Å². The first-order chi connectivity index (χ1) is 22.2. The third-order valence-corrected chi connectivity index (χ3v) is 8.88. The minimum absolute atomic E-state index is 0.0574. The Morgan fingerprint density at radius 2 is 1.57 bits per heavy atom. The number of hydrogen-bond acceptors (Lipinski definition) is 13. The number of aliphatic hydroxyl groups excluding tert-OH is 3. The molecule has 6 N–H and O–H groups in total. The maximum absolute atomic E-state index is 12.7. The number of esters is 2. The molecule has 0 aromatic carbocycles. The van der Waals surface area contributed by atoms with Gasteiger partial charge in [0.25, 0.3) is 0 Å². The van der Waals surface area contributed by atoms with Crippen LogP contribution in [0.1, 0.15) is 110 Å². The molecule has 0 saturated carbocycles. The van der Waals surface area contributed by atoms with Crippen LogP contribution in [0.2, 0.25) is 0 Å². The Morgan fingerprint density at radius 1 is 0.957 bits per heavy atom. The summed E-state index contributed by atoms with van der Waals surface area (Å²) in [5, 5.41) is 39.6. The summed E-state index contributed by atoms with van der Waals surface area (Å²) in [4.78, 5) is 37.5. The number of unbranched alkanes of at least 4 members (excludes halogenated alkanes) is 10. The molecule has 0 bridgehead atoms. The summed E-state index contributed by atoms with van der Waals surface area (Å²) >= 11 is 1.30. The van der Waals surface area contributed by atoms with Crippen molar-refractivity contribution in [1.29, 1.82) is 0 Å². The molecule has 0 spiro atoms. The molecule has 1 unspecified atom stereocenters. The highest BCUT2D eigenvalue weighted by Crippen LogP contribution is 2.29. The van der Waals surface area contributed by atoms with Gasteiger partial charge in [0.1, 0.15) is 31.0 Å². The number of nitrogens with two attached hydrogens (primary N) is 1. The molecule has 0 radical (unpaired) electrons. The number of amides is 1. The van der Waals surface area contributed by atoms with E-state index in [1.54, 1.807) is 0 Å². The Morgan fingerprint density at radius 3 is 2.17 bits per heavy atom. The lowest BCUT2D eigenvalue weighted by Crippen LogP contribution is -2.38. The highest BCUT2D eigenvalue weighted by atomic mass is 32.2. The summed E-state index contributed by atoms with van der Waals surface area (Å²) in [5.74, 6) is -0.670. The molecule has 1 aliphatic heterocycles. The minimum Gasteiger partial charge on any atom is -0.462 e. The van der Waals surface area contributed by atoms with Gasteiger partial charge in [-0.15, -0.1) is 5.10 Å². The predicted molar refractivity (Wildman–Crippen MR) is 174 cm³/mol. The summed E-state index contributed by atoms with van der Waals surface area (Å²) in [6, 6.07) is -0.946. The first-order valence-electron chi connectivity index (χ1n) is 16.7. The number of carbonyl (C=O) groups is 3. The van der Waals surface area contributed by atoms with Crippen molar-refractivity contribution in [2.45, 2.75) is 140 Å². The van der Waals surface area contributed by atoms with E-state index in [2.05, 4.69) is 29.5 Å². The van der Waals surface area contributed by atoms with Gasteiger partial charge in [-0.05, 0) is 12.8 Å². The zero-order valence-corrected chi connectivity index (χ0v) is 28.2. The van der Waals surface area contributed by atoms with Gasteiger partial charge < -0.3 is 40.6 Å². The molecule has 264 valence electrons. The van der Waals surface area contributed by atoms with Crippen LogP contribution >= 0.6 is 11.8 Å². The van der Waals surface area contributed by atoms with Crippen LogP contribution < -0.4 is 11.1 Å². The van der Waals surface area contributed by atoms with E-state index < -0.39 is 49.2 Å². The van der Waals surface area contributed by atoms with Crippen molar-refractivity contribution in [2.24, 2.45) is 5.73 Å². The van der Waals surface area contributed by atoms with Crippen molar-refractivity contribution in [3.63, 3.8) is 0 Å². The predicted octanol–water partition coefficient (Wildman–Crippen LogP) is 2.84. The molecule has 15 heteroatoms. The summed E-state index contributed by atoms with van der Waals surface area (Å²) in [6.07, 6.45) is 9.18. The van der Waals surface area contributed by atoms with E-state index in [1.807, 2.05) is 0 Å². The molecule has 0 aliphatic carbocycles. The molecule has 2 rings (SSSR count). The average molecular weight is 674 g/mol. The van der Waals surface area contributed by atoms with Gasteiger partial charge in [0, 0.05) is 24.3 Å². The molecule has 6 atom stereocenters. The Kier molecular flexibility index (Phi) is 20.0. The van der Waals surface area contributed by atoms with Crippen molar-refractivity contribution >= 4 is 35.4 Å². The SMILES string of the molecule is CCCCCCCCC(=O)OC[C@H](CSC[C@@H](N)C(=O)Nc1cn([C@H]2OC(CO)[C@@H](O)[C@H]2O)nn1)OC(=O)CCCCCCCC. The molecule has 1 saturated heterocycles. The first kappa shape index (κ1) is 39.9. The van der Waals surface area contributed by atoms with Crippen LogP contribution in [0, 0.1) is 0 Å². The van der Waals surface area contributed by atoms with E-state index in [-0.39, 0.29) is 35.9 Å². The van der Waals surface area contributed by atoms with Gasteiger partial charge in [0.2, 0.25) is 5.91 Å². The van der Waals surface area contributed by atoms with Crippen LogP contribution in [0.5, 0.6) is 0 Å². The summed E-state index contributed by atoms with van der Waals surface area (Å²) < 4.78 is 17.6. The van der Waals surface area contributed by atoms with Crippen LogP contribution in [0.25, 0.3) is 0 Å². The van der Waals surface area contributed by atoms with E-state index in [9.17, 15) is 29.7 Å². The van der Waals surface area contributed by atoms with Crippen LogP contribution in [0.3, 0.4) is 0 Å². The molecule has 1 fully saturated rings. The highest BCUT2D eigenvalue weighted by molar-refractivity contribution is 7.99. The number of rotatable bonds is 25. The summed E-state index contributed by atoms with van der Waals surface area (Å²) in [6.45, 7) is 3.77. The van der Waals surface area contributed by atoms with Crippen LogP contribution in [-0.4, -0.2) is 103 Å². The lowest BCUT2D eigenvalue weighted by Gasteiger charge is -2.19. The molecule has 2 heterocycles. The van der Waals surface area contributed by atoms with E-state index in [4.69, 9.17) is 19.9 Å². The molecule has 1 aromatic heterocycles. The number of aromatic nitrogens is 3. The maximum Gasteiger partial charge on any atom is 0.306 e. The van der Waals surface area contributed by atoms with E-state index >= 15 is 0 Å². The second kappa shape index (κ2) is 23.1. The molecule has 46 heavy (non-hydrogen) atoms. The van der Waals surface area contributed by atoms with Crippen molar-refractivity contribution in [2.75, 3.05) is 30.0 Å².